The van der Waals surface area contributed by atoms with Crippen LogP contribution in [0.4, 0.5) is 0 Å². The molecule has 0 fully saturated rings. The average Bonchev–Trinajstić information content (AvgIpc) is 2.52. The van der Waals surface area contributed by atoms with Crippen LogP contribution in [0.1, 0.15) is 37.7 Å². The fourth-order valence-electron chi connectivity index (χ4n) is 2.63. The number of benzene rings is 1. The van der Waals surface area contributed by atoms with Crippen molar-refractivity contribution in [2.45, 2.75) is 32.1 Å². The highest BCUT2D eigenvalue weighted by Gasteiger charge is 2.08. The molecule has 0 radical (unpaired) electrons. The van der Waals surface area contributed by atoms with E-state index in [9.17, 15) is 0 Å². The van der Waals surface area contributed by atoms with Crippen molar-refractivity contribution < 1.29 is 9.47 Å². The van der Waals surface area contributed by atoms with Crippen LogP contribution in [0.25, 0.3) is 6.08 Å². The molecule has 20 heavy (non-hydrogen) atoms. The van der Waals surface area contributed by atoms with E-state index < -0.39 is 0 Å². The third-order valence-corrected chi connectivity index (χ3v) is 3.84. The minimum atomic E-state index is 0.777. The Balaban J connectivity index is 1.86. The van der Waals surface area contributed by atoms with Crippen molar-refractivity contribution in [3.63, 3.8) is 0 Å². The summed E-state index contributed by atoms with van der Waals surface area (Å²) in [7, 11) is 3.33. The van der Waals surface area contributed by atoms with E-state index in [0.717, 1.165) is 29.4 Å². The number of ether oxygens (including phenoxy) is 2. The Kier molecular flexibility index (Phi) is 5.72. The second kappa shape index (κ2) is 7.78. The summed E-state index contributed by atoms with van der Waals surface area (Å²) in [5.74, 6) is 2.43. The quantitative estimate of drug-likeness (QED) is 0.689. The van der Waals surface area contributed by atoms with Crippen LogP contribution >= 0.6 is 0 Å². The zero-order chi connectivity index (χ0) is 14.2. The monoisotopic (exact) mass is 272 g/mol. The molecule has 0 spiro atoms. The molecule has 0 saturated heterocycles. The third kappa shape index (κ3) is 4.16. The Morgan fingerprint density at radius 2 is 2.00 bits per heavy atom. The largest absolute Gasteiger partial charge is 0.493 e. The summed E-state index contributed by atoms with van der Waals surface area (Å²) in [5, 5.41) is 0. The van der Waals surface area contributed by atoms with Crippen molar-refractivity contribution in [1.29, 1.82) is 0 Å². The topological polar surface area (TPSA) is 18.5 Å². The second-order valence-electron chi connectivity index (χ2n) is 5.24. The van der Waals surface area contributed by atoms with Crippen molar-refractivity contribution in [3.8, 4) is 11.5 Å². The molecule has 0 amide bonds. The van der Waals surface area contributed by atoms with Gasteiger partial charge in [0.25, 0.3) is 0 Å². The number of allylic oxidation sites excluding steroid dienone is 3. The molecule has 1 aromatic rings. The molecule has 2 heteroatoms. The van der Waals surface area contributed by atoms with Crippen molar-refractivity contribution >= 4 is 6.08 Å². The van der Waals surface area contributed by atoms with Crippen LogP contribution in [0.2, 0.25) is 0 Å². The molecule has 0 bridgehead atoms. The number of rotatable bonds is 6. The molecule has 2 rings (SSSR count). The molecular weight excluding hydrogens is 248 g/mol. The molecule has 0 saturated carbocycles. The first-order valence-corrected chi connectivity index (χ1v) is 7.37. The number of hydrogen-bond acceptors (Lipinski definition) is 2. The Morgan fingerprint density at radius 3 is 2.70 bits per heavy atom. The first-order chi connectivity index (χ1) is 9.83. The fourth-order valence-corrected chi connectivity index (χ4v) is 2.63. The molecule has 2 nitrogen and oxygen atoms in total. The van der Waals surface area contributed by atoms with Crippen LogP contribution in [0.15, 0.2) is 36.4 Å². The van der Waals surface area contributed by atoms with Gasteiger partial charge < -0.3 is 9.47 Å². The van der Waals surface area contributed by atoms with Crippen LogP contribution in [0.3, 0.4) is 0 Å². The molecule has 0 N–H and O–H groups in total. The predicted molar refractivity (Wildman–Crippen MR) is 84.3 cm³/mol. The van der Waals surface area contributed by atoms with E-state index in [0.29, 0.717) is 0 Å². The van der Waals surface area contributed by atoms with Gasteiger partial charge in [0.05, 0.1) is 14.2 Å². The fraction of sp³-hybridized carbons (Fsp3) is 0.444. The van der Waals surface area contributed by atoms with Gasteiger partial charge in [0.2, 0.25) is 0 Å². The van der Waals surface area contributed by atoms with E-state index in [1.54, 1.807) is 14.2 Å². The van der Waals surface area contributed by atoms with Gasteiger partial charge in [-0.15, -0.1) is 0 Å². The normalized spacial score (nSPS) is 18.4. The first-order valence-electron chi connectivity index (χ1n) is 7.37. The van der Waals surface area contributed by atoms with Gasteiger partial charge in [-0.25, -0.2) is 0 Å². The van der Waals surface area contributed by atoms with Crippen molar-refractivity contribution in [2.24, 2.45) is 5.92 Å². The number of hydrogen-bond donors (Lipinski definition) is 0. The van der Waals surface area contributed by atoms with Crippen LogP contribution < -0.4 is 9.47 Å². The van der Waals surface area contributed by atoms with E-state index in [4.69, 9.17) is 9.47 Å². The highest BCUT2D eigenvalue weighted by atomic mass is 16.5. The number of methoxy groups -OCH3 is 2. The summed E-state index contributed by atoms with van der Waals surface area (Å²) in [4.78, 5) is 0. The smallest absolute Gasteiger partial charge is 0.161 e. The summed E-state index contributed by atoms with van der Waals surface area (Å²) in [6.45, 7) is 0. The van der Waals surface area contributed by atoms with Crippen molar-refractivity contribution in [3.05, 3.63) is 42.0 Å². The third-order valence-electron chi connectivity index (χ3n) is 3.84. The van der Waals surface area contributed by atoms with Crippen molar-refractivity contribution in [1.82, 2.24) is 0 Å². The summed E-state index contributed by atoms with van der Waals surface area (Å²) < 4.78 is 10.6. The van der Waals surface area contributed by atoms with Gasteiger partial charge in [-0.3, -0.25) is 0 Å². The summed E-state index contributed by atoms with van der Waals surface area (Å²) in [5.41, 5.74) is 1.16. The van der Waals surface area contributed by atoms with Crippen LogP contribution in [-0.2, 0) is 0 Å². The Hall–Kier alpha value is -1.70. The lowest BCUT2D eigenvalue weighted by atomic mass is 9.90. The molecule has 1 atom stereocenters. The maximum absolute atomic E-state index is 5.31. The van der Waals surface area contributed by atoms with Gasteiger partial charge in [-0.2, -0.15) is 0 Å². The van der Waals surface area contributed by atoms with E-state index >= 15 is 0 Å². The van der Waals surface area contributed by atoms with Crippen LogP contribution in [0, 0.1) is 5.92 Å². The summed E-state index contributed by atoms with van der Waals surface area (Å²) in [6, 6.07) is 6.02. The molecule has 108 valence electrons. The lowest BCUT2D eigenvalue weighted by molar-refractivity contribution is 0.355. The van der Waals surface area contributed by atoms with Gasteiger partial charge in [-0.1, -0.05) is 30.4 Å². The molecule has 0 heterocycles. The highest BCUT2D eigenvalue weighted by Crippen LogP contribution is 2.28. The molecule has 1 aliphatic rings. The van der Waals surface area contributed by atoms with E-state index in [1.807, 2.05) is 12.1 Å². The molecule has 1 aliphatic carbocycles. The summed E-state index contributed by atoms with van der Waals surface area (Å²) >= 11 is 0. The zero-order valence-corrected chi connectivity index (χ0v) is 12.5. The van der Waals surface area contributed by atoms with Gasteiger partial charge in [-0.05, 0) is 55.7 Å². The molecule has 1 aromatic carbocycles. The zero-order valence-electron chi connectivity index (χ0n) is 12.5. The lowest BCUT2D eigenvalue weighted by Gasteiger charge is -2.16. The minimum absolute atomic E-state index is 0.777. The van der Waals surface area contributed by atoms with Gasteiger partial charge in [0.1, 0.15) is 0 Å². The molecule has 0 aliphatic heterocycles. The average molecular weight is 272 g/mol. The Bertz CT molecular complexity index is 474. The van der Waals surface area contributed by atoms with Crippen LogP contribution in [-0.4, -0.2) is 14.2 Å². The molecular formula is C18H24O2. The Morgan fingerprint density at radius 1 is 1.15 bits per heavy atom. The SMILES string of the molecule is COc1ccc(/C=C/CCC2CC=CCC2)cc1OC. The maximum atomic E-state index is 5.31. The van der Waals surface area contributed by atoms with Crippen LogP contribution in [0.5, 0.6) is 11.5 Å². The lowest BCUT2D eigenvalue weighted by Crippen LogP contribution is -2.01. The van der Waals surface area contributed by atoms with E-state index in [1.165, 1.54) is 25.7 Å². The van der Waals surface area contributed by atoms with Crippen molar-refractivity contribution in [2.75, 3.05) is 14.2 Å². The standard InChI is InChI=1S/C18H24O2/c1-19-17-13-12-16(14-18(17)20-2)11-7-6-10-15-8-4-3-5-9-15/h3-4,7,11-15H,5-6,8-10H2,1-2H3/b11-7+. The first kappa shape index (κ1) is 14.7. The van der Waals surface area contributed by atoms with E-state index in [2.05, 4.69) is 30.4 Å². The van der Waals surface area contributed by atoms with Gasteiger partial charge in [0, 0.05) is 0 Å². The maximum Gasteiger partial charge on any atom is 0.161 e. The minimum Gasteiger partial charge on any atom is -0.493 e. The van der Waals surface area contributed by atoms with Gasteiger partial charge in [0.15, 0.2) is 11.5 Å². The highest BCUT2D eigenvalue weighted by molar-refractivity contribution is 5.55. The Labute approximate surface area is 122 Å². The second-order valence-corrected chi connectivity index (χ2v) is 5.24. The molecule has 1 unspecified atom stereocenters. The van der Waals surface area contributed by atoms with Gasteiger partial charge >= 0.3 is 0 Å². The summed E-state index contributed by atoms with van der Waals surface area (Å²) in [6.07, 6.45) is 15.3. The van der Waals surface area contributed by atoms with E-state index in [-0.39, 0.29) is 0 Å². The predicted octanol–water partition coefficient (Wildman–Crippen LogP) is 4.85. The molecule has 0 aromatic heterocycles.